The highest BCUT2D eigenvalue weighted by Crippen LogP contribution is 2.38. The molecule has 16 heterocycles. The van der Waals surface area contributed by atoms with E-state index >= 15 is 0 Å². The predicted octanol–water partition coefficient (Wildman–Crippen LogP) is -13.1. The van der Waals surface area contributed by atoms with Crippen molar-refractivity contribution in [3.63, 3.8) is 0 Å². The molecule has 0 aliphatic carbocycles. The minimum Gasteiger partial charge on any atom is -0.394 e. The van der Waals surface area contributed by atoms with E-state index in [1.807, 2.05) is 0 Å². The topological polar surface area (TPSA) is 490 Å². The summed E-state index contributed by atoms with van der Waals surface area (Å²) >= 11 is 0. The summed E-state index contributed by atoms with van der Waals surface area (Å²) in [7, 11) is 0. The standard InChI is InChI=1S/C38H65NO30/c39-1-2-57-32-25(56)31-14(8-45)63-38(32)69-30-13(7-44)62-36(24(55)19(30)50)67-28-11(5-42)60-34(22(53)17(28)48)65-26-9(3-40)58-33(20(51)15(26)46)64-27-10(4-41)59-35(21(52)16(27)47)66-29-12(6-43)61-37(68-31)23(54)18(29)49/h9-38,40-56H,1-8,39H2/t9-,10-,11-,12-,13-,14-,15-,16-,17-,18-,19-,20-,21-,22-,23-,24-,25+,26-,27-,28-,29-,30-,31-,32-,33-,34-,35-,36-,37-,38-/m1/s1. The lowest BCUT2D eigenvalue weighted by atomic mass is 9.94. The molecular weight excluding hydrogens is 950 g/mol. The van der Waals surface area contributed by atoms with Crippen molar-refractivity contribution in [2.75, 3.05) is 52.8 Å². The van der Waals surface area contributed by atoms with Crippen LogP contribution in [0.1, 0.15) is 0 Å². The van der Waals surface area contributed by atoms with Gasteiger partial charge in [0.15, 0.2) is 37.7 Å². The second-order valence-corrected chi connectivity index (χ2v) is 17.5. The Morgan fingerprint density at radius 2 is 0.478 bits per heavy atom. The van der Waals surface area contributed by atoms with E-state index in [4.69, 9.17) is 67.3 Å². The fourth-order valence-corrected chi connectivity index (χ4v) is 9.30. The third-order valence-electron chi connectivity index (χ3n) is 13.1. The molecule has 0 aromatic rings. The van der Waals surface area contributed by atoms with Gasteiger partial charge in [-0.15, -0.1) is 0 Å². The van der Waals surface area contributed by atoms with Crippen LogP contribution in [0.15, 0.2) is 0 Å². The summed E-state index contributed by atoms with van der Waals surface area (Å²) in [5.74, 6) is 0. The number of hydrogen-bond donors (Lipinski definition) is 18. The van der Waals surface area contributed by atoms with Crippen LogP contribution >= 0.6 is 0 Å². The van der Waals surface area contributed by atoms with E-state index in [1.54, 1.807) is 0 Å². The van der Waals surface area contributed by atoms with Crippen molar-refractivity contribution in [1.29, 1.82) is 0 Å². The van der Waals surface area contributed by atoms with Crippen molar-refractivity contribution in [2.24, 2.45) is 5.73 Å². The zero-order chi connectivity index (χ0) is 50.2. The van der Waals surface area contributed by atoms with E-state index in [0.29, 0.717) is 0 Å². The highest BCUT2D eigenvalue weighted by Gasteiger charge is 2.59. The fourth-order valence-electron chi connectivity index (χ4n) is 9.30. The molecule has 0 aromatic heterocycles. The van der Waals surface area contributed by atoms with Crippen molar-refractivity contribution in [2.45, 2.75) is 184 Å². The third-order valence-corrected chi connectivity index (χ3v) is 13.1. The first-order chi connectivity index (χ1) is 33.0. The minimum absolute atomic E-state index is 0.145. The van der Waals surface area contributed by atoms with Crippen LogP contribution in [-0.2, 0) is 61.6 Å². The number of nitrogens with two attached hydrogens (primary N) is 1. The summed E-state index contributed by atoms with van der Waals surface area (Å²) in [6.45, 7) is -6.34. The molecule has 31 heteroatoms. The Hall–Kier alpha value is -1.24. The molecule has 30 atom stereocenters. The van der Waals surface area contributed by atoms with E-state index in [1.165, 1.54) is 0 Å². The molecular formula is C38H65NO30. The van der Waals surface area contributed by atoms with E-state index in [9.17, 15) is 86.8 Å². The molecule has 402 valence electrons. The van der Waals surface area contributed by atoms with Gasteiger partial charge in [0.05, 0.1) is 46.2 Å². The minimum atomic E-state index is -2.15. The van der Waals surface area contributed by atoms with Gasteiger partial charge >= 0.3 is 0 Å². The molecule has 0 amide bonds. The van der Waals surface area contributed by atoms with E-state index in [0.717, 1.165) is 0 Å². The van der Waals surface area contributed by atoms with Crippen molar-refractivity contribution >= 4 is 0 Å². The van der Waals surface area contributed by atoms with Gasteiger partial charge in [0.2, 0.25) is 0 Å². The maximum absolute atomic E-state index is 11.7. The monoisotopic (exact) mass is 1020 g/mol. The van der Waals surface area contributed by atoms with Crippen LogP contribution in [0.3, 0.4) is 0 Å². The van der Waals surface area contributed by atoms with Crippen LogP contribution in [0.4, 0.5) is 0 Å². The number of rotatable bonds is 9. The molecule has 16 rings (SSSR count). The van der Waals surface area contributed by atoms with Crippen molar-refractivity contribution in [1.82, 2.24) is 0 Å². The van der Waals surface area contributed by atoms with Crippen molar-refractivity contribution in [3.8, 4) is 0 Å². The molecule has 69 heavy (non-hydrogen) atoms. The molecule has 16 saturated heterocycles. The molecule has 0 spiro atoms. The first-order valence-electron chi connectivity index (χ1n) is 22.3. The molecule has 0 unspecified atom stereocenters. The normalized spacial score (nSPS) is 53.5. The Morgan fingerprint density at radius 1 is 0.275 bits per heavy atom. The molecule has 19 N–H and O–H groups in total. The van der Waals surface area contributed by atoms with Gasteiger partial charge in [0.1, 0.15) is 146 Å². The number of ether oxygens (including phenoxy) is 13. The molecule has 16 aliphatic rings. The molecule has 16 aliphatic heterocycles. The first kappa shape index (κ1) is 55.5. The van der Waals surface area contributed by atoms with Gasteiger partial charge in [0, 0.05) is 6.54 Å². The zero-order valence-corrected chi connectivity index (χ0v) is 36.5. The summed E-state index contributed by atoms with van der Waals surface area (Å²) in [6.07, 6.45) is -57.2. The summed E-state index contributed by atoms with van der Waals surface area (Å²) in [5, 5.41) is 187. The molecule has 0 saturated carbocycles. The lowest BCUT2D eigenvalue weighted by molar-refractivity contribution is -0.405. The Bertz CT molecular complexity index is 1570. The molecule has 12 bridgehead atoms. The smallest absolute Gasteiger partial charge is 0.187 e. The summed E-state index contributed by atoms with van der Waals surface area (Å²) in [5.41, 5.74) is 5.66. The molecule has 31 nitrogen and oxygen atoms in total. The van der Waals surface area contributed by atoms with Crippen LogP contribution in [0.5, 0.6) is 0 Å². The lowest BCUT2D eigenvalue weighted by Crippen LogP contribution is -2.69. The van der Waals surface area contributed by atoms with Gasteiger partial charge in [-0.1, -0.05) is 0 Å². The van der Waals surface area contributed by atoms with Gasteiger partial charge < -0.3 is 154 Å². The summed E-state index contributed by atoms with van der Waals surface area (Å²) in [4.78, 5) is 0. The van der Waals surface area contributed by atoms with Crippen molar-refractivity contribution in [3.05, 3.63) is 0 Å². The van der Waals surface area contributed by atoms with E-state index in [-0.39, 0.29) is 13.2 Å². The highest BCUT2D eigenvalue weighted by molar-refractivity contribution is 5.01. The Balaban J connectivity index is 1.21. The first-order valence-corrected chi connectivity index (χ1v) is 22.3. The van der Waals surface area contributed by atoms with Crippen LogP contribution in [0.2, 0.25) is 0 Å². The molecule has 16 fully saturated rings. The quantitative estimate of drug-likeness (QED) is 0.102. The SMILES string of the molecule is NCCO[C@H]1[C@H]2O[C@H]3[C@H](O)[C@@H](O)[C@@H](O[C@H]4[C@H](O)[C@@H](O)[C@@H](O[C@H]5[C@H](O)[C@@H](O)[C@@H](O[C@H]6[C@H](O)[C@@H](O)[C@@H](O[C@H]7[C@H](O)[C@@H](O)[C@@H](O[C@@H]([C@@H]1O)[C@@H](CO)O2)O[C@@H]7CO)O[C@@H]6CO)O[C@@H]5CO)O[C@@H]4CO)O[C@@H]3CO. The second kappa shape index (κ2) is 24.0. The van der Waals surface area contributed by atoms with E-state index < -0.39 is 224 Å². The number of hydrogen-bond acceptors (Lipinski definition) is 31. The predicted molar refractivity (Wildman–Crippen MR) is 209 cm³/mol. The Morgan fingerprint density at radius 3 is 0.696 bits per heavy atom. The Labute approximate surface area is 391 Å². The van der Waals surface area contributed by atoms with E-state index in [2.05, 4.69) is 0 Å². The third kappa shape index (κ3) is 11.1. The highest BCUT2D eigenvalue weighted by atomic mass is 16.8. The van der Waals surface area contributed by atoms with Gasteiger partial charge in [-0.05, 0) is 0 Å². The van der Waals surface area contributed by atoms with Crippen LogP contribution in [-0.4, -0.2) is 324 Å². The number of aliphatic hydroxyl groups excluding tert-OH is 17. The summed E-state index contributed by atoms with van der Waals surface area (Å²) < 4.78 is 74.8. The van der Waals surface area contributed by atoms with Gasteiger partial charge in [-0.3, -0.25) is 0 Å². The largest absolute Gasteiger partial charge is 0.394 e. The number of aliphatic hydroxyl groups is 17. The average Bonchev–Trinajstić information content (AvgIpc) is 3.34. The lowest BCUT2D eigenvalue weighted by Gasteiger charge is -2.51. The van der Waals surface area contributed by atoms with Gasteiger partial charge in [0.25, 0.3) is 0 Å². The average molecular weight is 1020 g/mol. The maximum atomic E-state index is 11.7. The van der Waals surface area contributed by atoms with Crippen LogP contribution in [0, 0.1) is 0 Å². The summed E-state index contributed by atoms with van der Waals surface area (Å²) in [6, 6.07) is 0. The van der Waals surface area contributed by atoms with Gasteiger partial charge in [-0.25, -0.2) is 0 Å². The Kier molecular flexibility index (Phi) is 19.3. The fraction of sp³-hybridized carbons (Fsp3) is 1.00. The molecule has 0 aromatic carbocycles. The van der Waals surface area contributed by atoms with Gasteiger partial charge in [-0.2, -0.15) is 0 Å². The van der Waals surface area contributed by atoms with Crippen LogP contribution in [0.25, 0.3) is 0 Å². The maximum Gasteiger partial charge on any atom is 0.187 e. The second-order valence-electron chi connectivity index (χ2n) is 17.5. The van der Waals surface area contributed by atoms with Crippen molar-refractivity contribution < 1.29 is 148 Å². The zero-order valence-electron chi connectivity index (χ0n) is 36.5. The van der Waals surface area contributed by atoms with Crippen LogP contribution < -0.4 is 5.73 Å². The molecule has 0 radical (unpaired) electrons.